The quantitative estimate of drug-likeness (QED) is 0.275. The summed E-state index contributed by atoms with van der Waals surface area (Å²) >= 11 is 1.43. The maximum atomic E-state index is 4.31. The van der Waals surface area contributed by atoms with E-state index in [0.717, 1.165) is 35.9 Å². The van der Waals surface area contributed by atoms with Gasteiger partial charge in [-0.25, -0.2) is 9.13 Å². The maximum absolute atomic E-state index is 4.31. The minimum atomic E-state index is 0. The van der Waals surface area contributed by atoms with Gasteiger partial charge in [0, 0.05) is 17.8 Å². The topological polar surface area (TPSA) is 62.5 Å². The predicted octanol–water partition coefficient (Wildman–Crippen LogP) is 1.78. The average Bonchev–Trinajstić information content (AvgIpc) is 3.43. The zero-order chi connectivity index (χ0) is 20.8. The number of aromatic nitrogens is 4. The molecule has 2 aromatic heterocycles. The van der Waals surface area contributed by atoms with Crippen molar-refractivity contribution in [2.45, 2.75) is 13.5 Å². The SMILES string of the molecule is CCN(CCn1cc[n+](C)c1)c1ccc(N=Nc2nnc(-c3ccccc3)s2)cc1.[Br-]. The highest BCUT2D eigenvalue weighted by molar-refractivity contribution is 7.18. The minimum absolute atomic E-state index is 0. The highest BCUT2D eigenvalue weighted by atomic mass is 79.9. The van der Waals surface area contributed by atoms with Gasteiger partial charge in [-0.3, -0.25) is 0 Å². The first-order valence-electron chi connectivity index (χ1n) is 9.88. The largest absolute Gasteiger partial charge is 1.00 e. The molecule has 0 N–H and O–H groups in total. The van der Waals surface area contributed by atoms with Gasteiger partial charge in [0.25, 0.3) is 5.13 Å². The van der Waals surface area contributed by atoms with Gasteiger partial charge in [-0.2, -0.15) is 0 Å². The summed E-state index contributed by atoms with van der Waals surface area (Å²) in [6, 6.07) is 18.1. The monoisotopic (exact) mass is 497 g/mol. The lowest BCUT2D eigenvalue weighted by Crippen LogP contribution is -3.00. The van der Waals surface area contributed by atoms with Gasteiger partial charge in [-0.15, -0.1) is 20.4 Å². The number of hydrogen-bond donors (Lipinski definition) is 0. The van der Waals surface area contributed by atoms with E-state index in [-0.39, 0.29) is 17.0 Å². The van der Waals surface area contributed by atoms with E-state index in [1.54, 1.807) is 0 Å². The van der Waals surface area contributed by atoms with Crippen LogP contribution >= 0.6 is 11.3 Å². The Labute approximate surface area is 196 Å². The summed E-state index contributed by atoms with van der Waals surface area (Å²) in [5.74, 6) is 0. The number of benzene rings is 2. The molecule has 0 aliphatic carbocycles. The third-order valence-corrected chi connectivity index (χ3v) is 5.59. The lowest BCUT2D eigenvalue weighted by atomic mass is 10.2. The predicted molar refractivity (Wildman–Crippen MR) is 119 cm³/mol. The van der Waals surface area contributed by atoms with Crippen LogP contribution in [0.1, 0.15) is 6.92 Å². The molecule has 0 spiro atoms. The molecule has 31 heavy (non-hydrogen) atoms. The molecule has 2 heterocycles. The Bertz CT molecular complexity index is 1110. The van der Waals surface area contributed by atoms with Crippen LogP contribution in [0.15, 0.2) is 83.5 Å². The van der Waals surface area contributed by atoms with E-state index >= 15 is 0 Å². The molecule has 0 saturated carbocycles. The molecule has 0 radical (unpaired) electrons. The number of aryl methyl sites for hydroxylation is 1. The highest BCUT2D eigenvalue weighted by Crippen LogP contribution is 2.29. The van der Waals surface area contributed by atoms with Gasteiger partial charge in [0.2, 0.25) is 6.33 Å². The molecule has 4 aromatic rings. The second-order valence-electron chi connectivity index (χ2n) is 6.87. The summed E-state index contributed by atoms with van der Waals surface area (Å²) < 4.78 is 4.24. The van der Waals surface area contributed by atoms with Crippen LogP contribution in [0, 0.1) is 0 Å². The van der Waals surface area contributed by atoms with Crippen LogP contribution in [0.25, 0.3) is 10.6 Å². The van der Waals surface area contributed by atoms with Gasteiger partial charge in [-0.05, 0) is 31.2 Å². The van der Waals surface area contributed by atoms with E-state index in [2.05, 4.69) is 72.2 Å². The highest BCUT2D eigenvalue weighted by Gasteiger charge is 2.08. The second kappa shape index (κ2) is 10.9. The Kier molecular flexibility index (Phi) is 8.02. The maximum Gasteiger partial charge on any atom is 0.252 e. The standard InChI is InChI=1S/C22H24N7S.BrH/c1-3-29(16-15-28-14-13-27(2)17-28)20-11-9-19(10-12-20)23-25-22-26-24-21(30-22)18-7-5-4-6-8-18;/h4-14,17H,3,15-16H2,1-2H3;1H/q+1;/p-1. The summed E-state index contributed by atoms with van der Waals surface area (Å²) in [5, 5.41) is 18.3. The van der Waals surface area contributed by atoms with Gasteiger partial charge in [0.05, 0.1) is 19.3 Å². The fraction of sp³-hybridized carbons (Fsp3) is 0.227. The molecule has 7 nitrogen and oxygen atoms in total. The van der Waals surface area contributed by atoms with Crippen LogP contribution in [0.2, 0.25) is 0 Å². The Hall–Kier alpha value is -2.91. The lowest BCUT2D eigenvalue weighted by molar-refractivity contribution is -0.671. The van der Waals surface area contributed by atoms with Crippen molar-refractivity contribution in [2.24, 2.45) is 17.3 Å². The van der Waals surface area contributed by atoms with Gasteiger partial charge < -0.3 is 21.9 Å². The molecule has 0 bridgehead atoms. The van der Waals surface area contributed by atoms with E-state index in [4.69, 9.17) is 0 Å². The summed E-state index contributed by atoms with van der Waals surface area (Å²) in [6.45, 7) is 5.00. The molecular weight excluding hydrogens is 474 g/mol. The van der Waals surface area contributed by atoms with Crippen molar-refractivity contribution in [3.8, 4) is 10.6 Å². The molecule has 0 amide bonds. The molecule has 0 atom stereocenters. The van der Waals surface area contributed by atoms with E-state index in [0.29, 0.717) is 5.13 Å². The van der Waals surface area contributed by atoms with E-state index in [1.807, 2.05) is 49.5 Å². The van der Waals surface area contributed by atoms with Crippen molar-refractivity contribution in [3.63, 3.8) is 0 Å². The van der Waals surface area contributed by atoms with Crippen molar-refractivity contribution >= 4 is 27.8 Å². The molecule has 9 heteroatoms. The zero-order valence-electron chi connectivity index (χ0n) is 17.5. The summed E-state index contributed by atoms with van der Waals surface area (Å²) in [6.07, 6.45) is 6.23. The number of anilines is 1. The molecule has 0 unspecified atom stereocenters. The average molecular weight is 498 g/mol. The van der Waals surface area contributed by atoms with Gasteiger partial charge in [0.1, 0.15) is 23.9 Å². The lowest BCUT2D eigenvalue weighted by Gasteiger charge is -2.22. The summed E-state index contributed by atoms with van der Waals surface area (Å²) in [4.78, 5) is 2.35. The molecular formula is C22H24BrN7S. The van der Waals surface area contributed by atoms with E-state index < -0.39 is 0 Å². The number of imidazole rings is 1. The van der Waals surface area contributed by atoms with Crippen molar-refractivity contribution in [1.82, 2.24) is 14.8 Å². The number of halogens is 1. The van der Waals surface area contributed by atoms with Crippen LogP contribution in [0.5, 0.6) is 0 Å². The van der Waals surface area contributed by atoms with Gasteiger partial charge in [0.15, 0.2) is 0 Å². The Morgan fingerprint density at radius 2 is 1.81 bits per heavy atom. The second-order valence-corrected chi connectivity index (χ2v) is 7.82. The smallest absolute Gasteiger partial charge is 0.252 e. The van der Waals surface area contributed by atoms with Gasteiger partial charge in [-0.1, -0.05) is 41.7 Å². The molecule has 4 rings (SSSR count). The zero-order valence-corrected chi connectivity index (χ0v) is 19.9. The number of rotatable bonds is 8. The van der Waals surface area contributed by atoms with Crippen molar-refractivity contribution in [1.29, 1.82) is 0 Å². The molecule has 160 valence electrons. The molecule has 0 fully saturated rings. The third kappa shape index (κ3) is 6.05. The Morgan fingerprint density at radius 1 is 1.03 bits per heavy atom. The number of nitrogens with zero attached hydrogens (tertiary/aromatic N) is 7. The van der Waals surface area contributed by atoms with E-state index in [1.165, 1.54) is 17.0 Å². The molecule has 0 saturated heterocycles. The van der Waals surface area contributed by atoms with Crippen LogP contribution < -0.4 is 26.4 Å². The number of hydrogen-bond acceptors (Lipinski definition) is 6. The fourth-order valence-corrected chi connectivity index (χ4v) is 3.80. The van der Waals surface area contributed by atoms with Crippen molar-refractivity contribution in [3.05, 3.63) is 73.3 Å². The van der Waals surface area contributed by atoms with Crippen molar-refractivity contribution < 1.29 is 21.5 Å². The number of likely N-dealkylation sites (N-methyl/N-ethyl adjacent to an activating group) is 1. The van der Waals surface area contributed by atoms with Crippen LogP contribution in [-0.2, 0) is 13.6 Å². The van der Waals surface area contributed by atoms with Gasteiger partial charge >= 0.3 is 0 Å². The van der Waals surface area contributed by atoms with Crippen LogP contribution in [0.3, 0.4) is 0 Å². The fourth-order valence-electron chi connectivity index (χ4n) is 3.12. The minimum Gasteiger partial charge on any atom is -1.00 e. The first kappa shape index (κ1) is 22.8. The Balaban J connectivity index is 0.00000272. The van der Waals surface area contributed by atoms with E-state index in [9.17, 15) is 0 Å². The molecule has 0 aliphatic heterocycles. The van der Waals surface area contributed by atoms with Crippen molar-refractivity contribution in [2.75, 3.05) is 18.0 Å². The van der Waals surface area contributed by atoms with Crippen LogP contribution in [0.4, 0.5) is 16.5 Å². The first-order chi connectivity index (χ1) is 14.7. The van der Waals surface area contributed by atoms with Crippen LogP contribution in [-0.4, -0.2) is 27.9 Å². The molecule has 0 aliphatic rings. The summed E-state index contributed by atoms with van der Waals surface area (Å²) in [7, 11) is 2.03. The number of azo groups is 1. The molecule has 2 aromatic carbocycles. The normalized spacial score (nSPS) is 10.9. The Morgan fingerprint density at radius 3 is 2.48 bits per heavy atom. The first-order valence-corrected chi connectivity index (χ1v) is 10.7. The summed E-state index contributed by atoms with van der Waals surface area (Å²) in [5.41, 5.74) is 3.01. The third-order valence-electron chi connectivity index (χ3n) is 4.73.